The van der Waals surface area contributed by atoms with E-state index < -0.39 is 0 Å². The lowest BCUT2D eigenvalue weighted by Crippen LogP contribution is -2.13. The number of nitrogens with one attached hydrogen (secondary N) is 1. The van der Waals surface area contributed by atoms with E-state index in [0.29, 0.717) is 16.8 Å². The Morgan fingerprint density at radius 2 is 2.00 bits per heavy atom. The summed E-state index contributed by atoms with van der Waals surface area (Å²) in [4.78, 5) is 16.0. The molecule has 0 aliphatic heterocycles. The van der Waals surface area contributed by atoms with E-state index >= 15 is 0 Å². The van der Waals surface area contributed by atoms with Crippen LogP contribution < -0.4 is 5.32 Å². The van der Waals surface area contributed by atoms with E-state index in [4.69, 9.17) is 0 Å². The molecule has 0 saturated heterocycles. The number of rotatable bonds is 2. The predicted molar refractivity (Wildman–Crippen MR) is 69.8 cm³/mol. The fraction of sp³-hybridized carbons (Fsp3) is 0.143. The zero-order chi connectivity index (χ0) is 13.1. The lowest BCUT2D eigenvalue weighted by molar-refractivity contribution is 0.102. The highest BCUT2D eigenvalue weighted by atomic mass is 16.3. The van der Waals surface area contributed by atoms with Crippen molar-refractivity contribution in [1.29, 1.82) is 0 Å². The molecule has 0 atom stereocenters. The molecule has 0 bridgehead atoms. The van der Waals surface area contributed by atoms with E-state index in [1.165, 1.54) is 6.07 Å². The minimum atomic E-state index is -0.214. The number of phenols is 1. The smallest absolute Gasteiger partial charge is 0.255 e. The number of phenolic OH excluding ortho intramolecular Hbond substituents is 1. The van der Waals surface area contributed by atoms with Crippen molar-refractivity contribution in [1.82, 2.24) is 4.98 Å². The van der Waals surface area contributed by atoms with E-state index in [-0.39, 0.29) is 11.7 Å². The molecule has 0 spiro atoms. The standard InChI is InChI=1S/C14H14N2O2/c1-9-5-6-15-8-12(9)16-14(18)11-3-4-13(17)10(2)7-11/h3-8,17H,1-2H3,(H,16,18). The van der Waals surface area contributed by atoms with Gasteiger partial charge in [0.05, 0.1) is 11.9 Å². The van der Waals surface area contributed by atoms with E-state index in [0.717, 1.165) is 5.56 Å². The van der Waals surface area contributed by atoms with Crippen molar-refractivity contribution in [3.05, 3.63) is 53.3 Å². The third kappa shape index (κ3) is 2.48. The first-order valence-corrected chi connectivity index (χ1v) is 5.59. The van der Waals surface area contributed by atoms with Crippen LogP contribution in [0.4, 0.5) is 5.69 Å². The molecule has 0 saturated carbocycles. The van der Waals surface area contributed by atoms with Crippen molar-refractivity contribution in [2.24, 2.45) is 0 Å². The van der Waals surface area contributed by atoms with E-state index in [9.17, 15) is 9.90 Å². The molecule has 0 fully saturated rings. The summed E-state index contributed by atoms with van der Waals surface area (Å²) >= 11 is 0. The number of carbonyl (C=O) groups is 1. The summed E-state index contributed by atoms with van der Waals surface area (Å²) in [5, 5.41) is 12.2. The molecule has 2 rings (SSSR count). The van der Waals surface area contributed by atoms with Crippen LogP contribution in [0.2, 0.25) is 0 Å². The van der Waals surface area contributed by atoms with Crippen molar-refractivity contribution in [2.75, 3.05) is 5.32 Å². The second-order valence-electron chi connectivity index (χ2n) is 4.15. The Hall–Kier alpha value is -2.36. The van der Waals surface area contributed by atoms with Crippen LogP contribution >= 0.6 is 0 Å². The zero-order valence-corrected chi connectivity index (χ0v) is 10.3. The molecule has 18 heavy (non-hydrogen) atoms. The average Bonchev–Trinajstić information content (AvgIpc) is 2.35. The number of aryl methyl sites for hydroxylation is 2. The first kappa shape index (κ1) is 12.1. The van der Waals surface area contributed by atoms with Gasteiger partial charge in [-0.2, -0.15) is 0 Å². The van der Waals surface area contributed by atoms with Gasteiger partial charge >= 0.3 is 0 Å². The van der Waals surface area contributed by atoms with Gasteiger partial charge in [-0.15, -0.1) is 0 Å². The van der Waals surface area contributed by atoms with Crippen molar-refractivity contribution in [2.45, 2.75) is 13.8 Å². The number of amides is 1. The highest BCUT2D eigenvalue weighted by molar-refractivity contribution is 6.04. The molecule has 2 aromatic rings. The van der Waals surface area contributed by atoms with Crippen molar-refractivity contribution in [3.63, 3.8) is 0 Å². The van der Waals surface area contributed by atoms with Crippen molar-refractivity contribution in [3.8, 4) is 5.75 Å². The van der Waals surface area contributed by atoms with Gasteiger partial charge in [-0.25, -0.2) is 0 Å². The lowest BCUT2D eigenvalue weighted by Gasteiger charge is -2.08. The number of hydrogen-bond donors (Lipinski definition) is 2. The SMILES string of the molecule is Cc1cc(C(=O)Nc2cnccc2C)ccc1O. The maximum Gasteiger partial charge on any atom is 0.255 e. The Bertz CT molecular complexity index is 594. The van der Waals surface area contributed by atoms with Gasteiger partial charge in [0.1, 0.15) is 5.75 Å². The monoisotopic (exact) mass is 242 g/mol. The highest BCUT2D eigenvalue weighted by Crippen LogP contribution is 2.18. The average molecular weight is 242 g/mol. The molecule has 1 aromatic heterocycles. The summed E-state index contributed by atoms with van der Waals surface area (Å²) in [6.07, 6.45) is 3.29. The number of carbonyl (C=O) groups excluding carboxylic acids is 1. The van der Waals surface area contributed by atoms with E-state index in [1.807, 2.05) is 13.0 Å². The molecule has 1 heterocycles. The molecular weight excluding hydrogens is 228 g/mol. The Kier molecular flexibility index (Phi) is 3.28. The Morgan fingerprint density at radius 1 is 1.22 bits per heavy atom. The molecular formula is C14H14N2O2. The summed E-state index contributed by atoms with van der Waals surface area (Å²) in [6.45, 7) is 3.65. The molecule has 0 aliphatic rings. The molecule has 4 heteroatoms. The third-order valence-corrected chi connectivity index (χ3v) is 2.75. The summed E-state index contributed by atoms with van der Waals surface area (Å²) in [6, 6.07) is 6.58. The molecule has 0 radical (unpaired) electrons. The largest absolute Gasteiger partial charge is 0.508 e. The normalized spacial score (nSPS) is 10.1. The number of aromatic hydroxyl groups is 1. The fourth-order valence-corrected chi connectivity index (χ4v) is 1.59. The van der Waals surface area contributed by atoms with Gasteiger partial charge in [0, 0.05) is 11.8 Å². The third-order valence-electron chi connectivity index (χ3n) is 2.75. The van der Waals surface area contributed by atoms with Crippen LogP contribution in [0.1, 0.15) is 21.5 Å². The maximum atomic E-state index is 12.0. The number of nitrogens with zero attached hydrogens (tertiary/aromatic N) is 1. The van der Waals surface area contributed by atoms with Gasteiger partial charge in [-0.1, -0.05) is 0 Å². The number of anilines is 1. The minimum Gasteiger partial charge on any atom is -0.508 e. The summed E-state index contributed by atoms with van der Waals surface area (Å²) in [7, 11) is 0. The van der Waals surface area contributed by atoms with Crippen LogP contribution in [0.25, 0.3) is 0 Å². The van der Waals surface area contributed by atoms with Gasteiger partial charge < -0.3 is 10.4 Å². The van der Waals surface area contributed by atoms with Crippen LogP contribution in [0.15, 0.2) is 36.7 Å². The van der Waals surface area contributed by atoms with Crippen LogP contribution in [0.5, 0.6) is 5.75 Å². The molecule has 2 N–H and O–H groups in total. The molecule has 0 unspecified atom stereocenters. The second-order valence-corrected chi connectivity index (χ2v) is 4.15. The van der Waals surface area contributed by atoms with Crippen molar-refractivity contribution < 1.29 is 9.90 Å². The predicted octanol–water partition coefficient (Wildman–Crippen LogP) is 2.66. The van der Waals surface area contributed by atoms with E-state index in [1.54, 1.807) is 31.5 Å². The Balaban J connectivity index is 2.22. The molecule has 92 valence electrons. The van der Waals surface area contributed by atoms with Gasteiger partial charge in [0.15, 0.2) is 0 Å². The number of benzene rings is 1. The molecule has 0 aliphatic carbocycles. The maximum absolute atomic E-state index is 12.0. The summed E-state index contributed by atoms with van der Waals surface area (Å²) < 4.78 is 0. The number of hydrogen-bond acceptors (Lipinski definition) is 3. The van der Waals surface area contributed by atoms with E-state index in [2.05, 4.69) is 10.3 Å². The minimum absolute atomic E-state index is 0.184. The second kappa shape index (κ2) is 4.87. The quantitative estimate of drug-likeness (QED) is 0.851. The molecule has 4 nitrogen and oxygen atoms in total. The number of pyridine rings is 1. The van der Waals surface area contributed by atoms with Crippen LogP contribution in [0, 0.1) is 13.8 Å². The van der Waals surface area contributed by atoms with Crippen LogP contribution in [0.3, 0.4) is 0 Å². The topological polar surface area (TPSA) is 62.2 Å². The van der Waals surface area contributed by atoms with Crippen LogP contribution in [-0.2, 0) is 0 Å². The van der Waals surface area contributed by atoms with Crippen LogP contribution in [-0.4, -0.2) is 16.0 Å². The summed E-state index contributed by atoms with van der Waals surface area (Å²) in [5.41, 5.74) is 2.82. The Labute approximate surface area is 105 Å². The highest BCUT2D eigenvalue weighted by Gasteiger charge is 2.09. The van der Waals surface area contributed by atoms with Gasteiger partial charge in [0.25, 0.3) is 5.91 Å². The van der Waals surface area contributed by atoms with Gasteiger partial charge in [-0.3, -0.25) is 9.78 Å². The number of aromatic nitrogens is 1. The van der Waals surface area contributed by atoms with Crippen molar-refractivity contribution >= 4 is 11.6 Å². The molecule has 1 amide bonds. The molecule has 1 aromatic carbocycles. The lowest BCUT2D eigenvalue weighted by atomic mass is 10.1. The first-order chi connectivity index (χ1) is 8.58. The fourth-order valence-electron chi connectivity index (χ4n) is 1.59. The van der Waals surface area contributed by atoms with Gasteiger partial charge in [-0.05, 0) is 49.2 Å². The summed E-state index contributed by atoms with van der Waals surface area (Å²) in [5.74, 6) is -0.0293. The first-order valence-electron chi connectivity index (χ1n) is 5.59. The zero-order valence-electron chi connectivity index (χ0n) is 10.3. The van der Waals surface area contributed by atoms with Gasteiger partial charge in [0.2, 0.25) is 0 Å². The Morgan fingerprint density at radius 3 is 2.67 bits per heavy atom.